The molecule has 1 aliphatic heterocycles. The number of carbonyl (C=O) groups excluding carboxylic acids is 3. The molecule has 0 bridgehead atoms. The summed E-state index contributed by atoms with van der Waals surface area (Å²) < 4.78 is 15.6. The molecule has 1 atom stereocenters. The molecule has 1 aliphatic rings. The Balaban J connectivity index is 2.12. The van der Waals surface area contributed by atoms with Crippen LogP contribution >= 0.6 is 0 Å². The van der Waals surface area contributed by atoms with Gasteiger partial charge in [-0.25, -0.2) is 14.4 Å². The van der Waals surface area contributed by atoms with Gasteiger partial charge in [-0.1, -0.05) is 30.3 Å². The lowest BCUT2D eigenvalue weighted by atomic mass is 10.1. The number of esters is 2. The highest BCUT2D eigenvalue weighted by molar-refractivity contribution is 5.93. The molecule has 0 saturated carbocycles. The van der Waals surface area contributed by atoms with Crippen molar-refractivity contribution in [2.75, 3.05) is 6.61 Å². The Morgan fingerprint density at radius 2 is 1.78 bits per heavy atom. The summed E-state index contributed by atoms with van der Waals surface area (Å²) in [6, 6.07) is 8.23. The summed E-state index contributed by atoms with van der Waals surface area (Å²) in [5, 5.41) is 0. The first-order chi connectivity index (χ1) is 12.7. The number of hydrogen-bond donors (Lipinski definition) is 0. The Morgan fingerprint density at radius 3 is 2.37 bits per heavy atom. The Hall–Kier alpha value is -2.83. The molecule has 146 valence electrons. The highest BCUT2D eigenvalue weighted by Crippen LogP contribution is 2.26. The van der Waals surface area contributed by atoms with E-state index in [1.165, 1.54) is 6.20 Å². The van der Waals surface area contributed by atoms with Crippen molar-refractivity contribution in [3.8, 4) is 0 Å². The Morgan fingerprint density at radius 1 is 1.11 bits per heavy atom. The first kappa shape index (κ1) is 20.5. The molecule has 1 heterocycles. The third-order valence-corrected chi connectivity index (χ3v) is 3.68. The molecule has 0 aliphatic carbocycles. The van der Waals surface area contributed by atoms with Crippen molar-refractivity contribution in [2.45, 2.75) is 52.4 Å². The molecule has 0 spiro atoms. The molecule has 0 fully saturated rings. The van der Waals surface area contributed by atoms with Gasteiger partial charge in [0.25, 0.3) is 0 Å². The van der Waals surface area contributed by atoms with E-state index in [4.69, 9.17) is 14.2 Å². The lowest BCUT2D eigenvalue weighted by Gasteiger charge is -2.26. The predicted octanol–water partition coefficient (Wildman–Crippen LogP) is 3.19. The summed E-state index contributed by atoms with van der Waals surface area (Å²) in [6.07, 6.45) is 0.607. The van der Waals surface area contributed by atoms with E-state index in [1.54, 1.807) is 27.7 Å². The topological polar surface area (TPSA) is 82.1 Å². The molecule has 7 heteroatoms. The monoisotopic (exact) mass is 375 g/mol. The van der Waals surface area contributed by atoms with Crippen LogP contribution in [0.5, 0.6) is 0 Å². The predicted molar refractivity (Wildman–Crippen MR) is 97.4 cm³/mol. The van der Waals surface area contributed by atoms with Gasteiger partial charge in [-0.15, -0.1) is 0 Å². The van der Waals surface area contributed by atoms with Gasteiger partial charge in [0.2, 0.25) is 0 Å². The Kier molecular flexibility index (Phi) is 6.60. The maximum atomic E-state index is 12.6. The number of ether oxygens (including phenoxy) is 3. The highest BCUT2D eigenvalue weighted by Gasteiger charge is 2.40. The van der Waals surface area contributed by atoms with Gasteiger partial charge >= 0.3 is 18.0 Å². The number of benzene rings is 1. The van der Waals surface area contributed by atoms with Crippen LogP contribution in [0.2, 0.25) is 0 Å². The van der Waals surface area contributed by atoms with Crippen molar-refractivity contribution >= 4 is 18.0 Å². The lowest BCUT2D eigenvalue weighted by Crippen LogP contribution is -2.42. The maximum Gasteiger partial charge on any atom is 0.415 e. The first-order valence-corrected chi connectivity index (χ1v) is 8.81. The van der Waals surface area contributed by atoms with E-state index in [-0.39, 0.29) is 25.2 Å². The van der Waals surface area contributed by atoms with Crippen molar-refractivity contribution in [1.29, 1.82) is 0 Å². The second-order valence-corrected chi connectivity index (χ2v) is 7.08. The van der Waals surface area contributed by atoms with Crippen LogP contribution in [0.25, 0.3) is 0 Å². The van der Waals surface area contributed by atoms with E-state index in [0.29, 0.717) is 0 Å². The van der Waals surface area contributed by atoms with E-state index in [9.17, 15) is 14.4 Å². The zero-order chi connectivity index (χ0) is 20.0. The summed E-state index contributed by atoms with van der Waals surface area (Å²) >= 11 is 0. The largest absolute Gasteiger partial charge is 0.463 e. The van der Waals surface area contributed by atoms with Gasteiger partial charge in [-0.2, -0.15) is 0 Å². The van der Waals surface area contributed by atoms with Crippen molar-refractivity contribution < 1.29 is 28.6 Å². The number of rotatable bonds is 5. The van der Waals surface area contributed by atoms with Crippen molar-refractivity contribution in [3.63, 3.8) is 0 Å². The molecule has 7 nitrogen and oxygen atoms in total. The van der Waals surface area contributed by atoms with Crippen LogP contribution in [0, 0.1) is 0 Å². The van der Waals surface area contributed by atoms with E-state index in [1.807, 2.05) is 30.3 Å². The van der Waals surface area contributed by atoms with Crippen LogP contribution in [0.4, 0.5) is 4.79 Å². The molecule has 0 N–H and O–H groups in total. The molecule has 1 aromatic rings. The zero-order valence-electron chi connectivity index (χ0n) is 16.1. The second-order valence-electron chi connectivity index (χ2n) is 7.08. The molecule has 0 aromatic heterocycles. The molecule has 2 rings (SSSR count). The van der Waals surface area contributed by atoms with Gasteiger partial charge in [0, 0.05) is 12.6 Å². The molecule has 1 amide bonds. The minimum atomic E-state index is -0.969. The Labute approximate surface area is 158 Å². The molecule has 1 aromatic carbocycles. The number of carbonyl (C=O) groups is 3. The van der Waals surface area contributed by atoms with Crippen molar-refractivity contribution in [2.24, 2.45) is 0 Å². The second kappa shape index (κ2) is 8.70. The molecular weight excluding hydrogens is 350 g/mol. The molecular formula is C20H25NO6. The standard InChI is InChI=1S/C20H25NO6/c1-5-25-17(22)15-11-16(21(12-15)19(24)27-20(2,3)4)18(23)26-13-14-9-7-6-8-10-14/h6-10,12,16H,5,11,13H2,1-4H3. The first-order valence-electron chi connectivity index (χ1n) is 8.81. The highest BCUT2D eigenvalue weighted by atomic mass is 16.6. The summed E-state index contributed by atoms with van der Waals surface area (Å²) in [6.45, 7) is 7.13. The summed E-state index contributed by atoms with van der Waals surface area (Å²) in [4.78, 5) is 38.2. The van der Waals surface area contributed by atoms with Gasteiger partial charge in [0.1, 0.15) is 18.2 Å². The quantitative estimate of drug-likeness (QED) is 0.581. The summed E-state index contributed by atoms with van der Waals surface area (Å²) in [7, 11) is 0. The van der Waals surface area contributed by atoms with Crippen LogP contribution in [0.3, 0.4) is 0 Å². The molecule has 27 heavy (non-hydrogen) atoms. The van der Waals surface area contributed by atoms with Gasteiger partial charge in [0.05, 0.1) is 12.2 Å². The van der Waals surface area contributed by atoms with Gasteiger partial charge < -0.3 is 14.2 Å². The fourth-order valence-corrected chi connectivity index (χ4v) is 2.49. The third-order valence-electron chi connectivity index (χ3n) is 3.68. The zero-order valence-corrected chi connectivity index (χ0v) is 16.1. The molecule has 0 radical (unpaired) electrons. The fourth-order valence-electron chi connectivity index (χ4n) is 2.49. The normalized spacial score (nSPS) is 16.5. The molecule has 1 unspecified atom stereocenters. The van der Waals surface area contributed by atoms with Gasteiger partial charge in [-0.3, -0.25) is 4.90 Å². The van der Waals surface area contributed by atoms with Crippen LogP contribution < -0.4 is 0 Å². The number of nitrogens with zero attached hydrogens (tertiary/aromatic N) is 1. The summed E-state index contributed by atoms with van der Waals surface area (Å²) in [5.74, 6) is -1.18. The van der Waals surface area contributed by atoms with Crippen molar-refractivity contribution in [1.82, 2.24) is 4.90 Å². The molecule has 0 saturated heterocycles. The van der Waals surface area contributed by atoms with Crippen LogP contribution in [-0.2, 0) is 30.4 Å². The average Bonchev–Trinajstić information content (AvgIpc) is 3.05. The minimum Gasteiger partial charge on any atom is -0.463 e. The lowest BCUT2D eigenvalue weighted by molar-refractivity contribution is -0.149. The summed E-state index contributed by atoms with van der Waals surface area (Å²) in [5.41, 5.74) is 0.312. The third kappa shape index (κ3) is 5.84. The SMILES string of the molecule is CCOC(=O)C1=CN(C(=O)OC(C)(C)C)C(C(=O)OCc2ccccc2)C1. The number of amides is 1. The van der Waals surface area contributed by atoms with Crippen molar-refractivity contribution in [3.05, 3.63) is 47.7 Å². The number of hydrogen-bond acceptors (Lipinski definition) is 6. The van der Waals surface area contributed by atoms with Gasteiger partial charge in [0.15, 0.2) is 0 Å². The van der Waals surface area contributed by atoms with Crippen LogP contribution in [0.1, 0.15) is 39.7 Å². The van der Waals surface area contributed by atoms with E-state index >= 15 is 0 Å². The Bertz CT molecular complexity index is 720. The van der Waals surface area contributed by atoms with E-state index in [2.05, 4.69) is 0 Å². The average molecular weight is 375 g/mol. The van der Waals surface area contributed by atoms with E-state index in [0.717, 1.165) is 10.5 Å². The minimum absolute atomic E-state index is 0.0195. The fraction of sp³-hybridized carbons (Fsp3) is 0.450. The van der Waals surface area contributed by atoms with E-state index < -0.39 is 29.7 Å². The van der Waals surface area contributed by atoms with Gasteiger partial charge in [-0.05, 0) is 33.3 Å². The maximum absolute atomic E-state index is 12.6. The smallest absolute Gasteiger partial charge is 0.415 e. The van der Waals surface area contributed by atoms with Crippen LogP contribution in [-0.4, -0.2) is 41.2 Å². The van der Waals surface area contributed by atoms with Crippen LogP contribution in [0.15, 0.2) is 42.1 Å².